The minimum atomic E-state index is -1.30. The Bertz CT molecular complexity index is 1010. The second-order valence-corrected chi connectivity index (χ2v) is 7.79. The Morgan fingerprint density at radius 1 is 0.886 bits per heavy atom. The Balaban J connectivity index is 2.05. The van der Waals surface area contributed by atoms with E-state index in [4.69, 9.17) is 10.8 Å². The molecule has 4 atom stereocenters. The van der Waals surface area contributed by atoms with Gasteiger partial charge in [0.1, 0.15) is 18.1 Å². The van der Waals surface area contributed by atoms with E-state index in [1.807, 2.05) is 0 Å². The van der Waals surface area contributed by atoms with Crippen molar-refractivity contribution < 1.29 is 34.2 Å². The average molecular weight is 492 g/mol. The maximum Gasteiger partial charge on any atom is 0.326 e. The van der Waals surface area contributed by atoms with Gasteiger partial charge >= 0.3 is 11.9 Å². The number of aromatic nitrogens is 4. The number of nitrogens with one attached hydrogen (secondary N) is 5. The normalized spacial score (nSPS) is 14.2. The molecule has 3 amide bonds. The number of aromatic amines is 2. The van der Waals surface area contributed by atoms with Gasteiger partial charge in [-0.3, -0.25) is 19.2 Å². The number of carbonyl (C=O) groups excluding carboxylic acids is 3. The molecule has 0 radical (unpaired) electrons. The number of carbonyl (C=O) groups is 5. The number of aliphatic carboxylic acids is 2. The van der Waals surface area contributed by atoms with Crippen LogP contribution in [-0.4, -0.2) is 84.0 Å². The molecular weight excluding hydrogens is 464 g/mol. The first kappa shape index (κ1) is 27.0. The molecular formula is C20H28N8O7. The monoisotopic (exact) mass is 492 g/mol. The third-order valence-corrected chi connectivity index (χ3v) is 4.96. The number of carboxylic acids is 2. The molecule has 0 aliphatic heterocycles. The van der Waals surface area contributed by atoms with Crippen LogP contribution in [0.25, 0.3) is 0 Å². The second kappa shape index (κ2) is 12.8. The summed E-state index contributed by atoms with van der Waals surface area (Å²) in [4.78, 5) is 73.3. The zero-order valence-corrected chi connectivity index (χ0v) is 18.9. The van der Waals surface area contributed by atoms with Gasteiger partial charge in [0.25, 0.3) is 0 Å². The van der Waals surface area contributed by atoms with Crippen LogP contribution in [0.3, 0.4) is 0 Å². The lowest BCUT2D eigenvalue weighted by Gasteiger charge is -2.23. The van der Waals surface area contributed by atoms with Gasteiger partial charge in [0.2, 0.25) is 17.7 Å². The quantitative estimate of drug-likeness (QED) is 0.140. The van der Waals surface area contributed by atoms with E-state index in [-0.39, 0.29) is 25.7 Å². The summed E-state index contributed by atoms with van der Waals surface area (Å²) in [5.74, 6) is -4.62. The van der Waals surface area contributed by atoms with Crippen LogP contribution in [0.5, 0.6) is 0 Å². The van der Waals surface area contributed by atoms with Gasteiger partial charge < -0.3 is 41.9 Å². The van der Waals surface area contributed by atoms with Crippen LogP contribution in [0.4, 0.5) is 0 Å². The summed E-state index contributed by atoms with van der Waals surface area (Å²) in [5, 5.41) is 25.5. The lowest BCUT2D eigenvalue weighted by Crippen LogP contribution is -2.57. The zero-order valence-electron chi connectivity index (χ0n) is 18.9. The van der Waals surface area contributed by atoms with Crippen LogP contribution in [0, 0.1) is 0 Å². The highest BCUT2D eigenvalue weighted by Crippen LogP contribution is 2.04. The fraction of sp³-hybridized carbons (Fsp3) is 0.450. The summed E-state index contributed by atoms with van der Waals surface area (Å²) in [6, 6.07) is -4.75. The first-order valence-electron chi connectivity index (χ1n) is 10.6. The summed E-state index contributed by atoms with van der Waals surface area (Å²) < 4.78 is 0. The molecule has 2 aromatic heterocycles. The second-order valence-electron chi connectivity index (χ2n) is 7.79. The highest BCUT2D eigenvalue weighted by molar-refractivity contribution is 5.94. The zero-order chi connectivity index (χ0) is 26.0. The van der Waals surface area contributed by atoms with Crippen LogP contribution in [0.1, 0.15) is 31.2 Å². The number of imidazole rings is 2. The molecule has 0 fully saturated rings. The molecule has 0 saturated carbocycles. The predicted octanol–water partition coefficient (Wildman–Crippen LogP) is -2.33. The highest BCUT2D eigenvalue weighted by atomic mass is 16.4. The first-order valence-corrected chi connectivity index (χ1v) is 10.6. The molecule has 15 nitrogen and oxygen atoms in total. The predicted molar refractivity (Wildman–Crippen MR) is 119 cm³/mol. The third kappa shape index (κ3) is 8.88. The summed E-state index contributed by atoms with van der Waals surface area (Å²) in [7, 11) is 0. The third-order valence-electron chi connectivity index (χ3n) is 4.96. The van der Waals surface area contributed by atoms with E-state index in [1.54, 1.807) is 0 Å². The van der Waals surface area contributed by atoms with E-state index < -0.39 is 53.8 Å². The molecule has 4 unspecified atom stereocenters. The van der Waals surface area contributed by atoms with Crippen LogP contribution < -0.4 is 21.7 Å². The van der Waals surface area contributed by atoms with Crippen molar-refractivity contribution in [2.75, 3.05) is 0 Å². The first-order chi connectivity index (χ1) is 16.6. The van der Waals surface area contributed by atoms with Crippen LogP contribution in [0.15, 0.2) is 25.0 Å². The Labute approximate surface area is 199 Å². The van der Waals surface area contributed by atoms with Gasteiger partial charge in [-0.05, 0) is 13.3 Å². The molecule has 2 heterocycles. The molecule has 9 N–H and O–H groups in total. The highest BCUT2D eigenvalue weighted by Gasteiger charge is 2.29. The molecule has 15 heteroatoms. The number of amides is 3. The Morgan fingerprint density at radius 3 is 1.91 bits per heavy atom. The maximum atomic E-state index is 12.9. The van der Waals surface area contributed by atoms with Crippen LogP contribution in [0.2, 0.25) is 0 Å². The van der Waals surface area contributed by atoms with Gasteiger partial charge in [0.15, 0.2) is 0 Å². The minimum absolute atomic E-state index is 0.0350. The molecule has 0 saturated heterocycles. The van der Waals surface area contributed by atoms with Crippen molar-refractivity contribution in [2.45, 2.75) is 56.8 Å². The van der Waals surface area contributed by atoms with Crippen molar-refractivity contribution in [3.8, 4) is 0 Å². The van der Waals surface area contributed by atoms with E-state index in [1.165, 1.54) is 32.0 Å². The summed E-state index contributed by atoms with van der Waals surface area (Å²) in [5.41, 5.74) is 6.63. The summed E-state index contributed by atoms with van der Waals surface area (Å²) in [6.45, 7) is 1.36. The van der Waals surface area contributed by atoms with E-state index in [2.05, 4.69) is 35.9 Å². The van der Waals surface area contributed by atoms with Crippen molar-refractivity contribution in [2.24, 2.45) is 5.73 Å². The van der Waals surface area contributed by atoms with Gasteiger partial charge in [-0.2, -0.15) is 0 Å². The van der Waals surface area contributed by atoms with Gasteiger partial charge in [0.05, 0.1) is 18.7 Å². The smallest absolute Gasteiger partial charge is 0.326 e. The molecule has 2 aromatic rings. The van der Waals surface area contributed by atoms with E-state index >= 15 is 0 Å². The van der Waals surface area contributed by atoms with Crippen molar-refractivity contribution in [3.05, 3.63) is 36.4 Å². The van der Waals surface area contributed by atoms with Crippen molar-refractivity contribution in [1.82, 2.24) is 35.9 Å². The van der Waals surface area contributed by atoms with Crippen molar-refractivity contribution in [3.63, 3.8) is 0 Å². The van der Waals surface area contributed by atoms with Gasteiger partial charge in [0, 0.05) is 43.0 Å². The Morgan fingerprint density at radius 2 is 1.43 bits per heavy atom. The number of H-pyrrole nitrogens is 2. The van der Waals surface area contributed by atoms with E-state index in [0.717, 1.165) is 0 Å². The number of nitrogens with two attached hydrogens (primary N) is 1. The van der Waals surface area contributed by atoms with Crippen LogP contribution >= 0.6 is 0 Å². The maximum absolute atomic E-state index is 12.9. The molecule has 35 heavy (non-hydrogen) atoms. The molecule has 2 rings (SSSR count). The fourth-order valence-corrected chi connectivity index (χ4v) is 3.01. The molecule has 190 valence electrons. The van der Waals surface area contributed by atoms with Crippen molar-refractivity contribution >= 4 is 29.7 Å². The molecule has 0 bridgehead atoms. The Kier molecular flexibility index (Phi) is 9.89. The fourth-order valence-electron chi connectivity index (χ4n) is 3.01. The molecule has 0 aromatic carbocycles. The Hall–Kier alpha value is -4.27. The average Bonchev–Trinajstić information content (AvgIpc) is 3.50. The number of hydrogen-bond acceptors (Lipinski definition) is 8. The lowest BCUT2D eigenvalue weighted by atomic mass is 10.1. The summed E-state index contributed by atoms with van der Waals surface area (Å²) >= 11 is 0. The van der Waals surface area contributed by atoms with E-state index in [9.17, 15) is 29.1 Å². The lowest BCUT2D eigenvalue weighted by molar-refractivity contribution is -0.142. The minimum Gasteiger partial charge on any atom is -0.481 e. The molecule has 0 aliphatic carbocycles. The number of nitrogens with zero attached hydrogens (tertiary/aromatic N) is 2. The van der Waals surface area contributed by atoms with Gasteiger partial charge in [-0.15, -0.1) is 0 Å². The van der Waals surface area contributed by atoms with Gasteiger partial charge in [-0.1, -0.05) is 0 Å². The summed E-state index contributed by atoms with van der Waals surface area (Å²) in [6.07, 6.45) is 5.10. The SMILES string of the molecule is CC(NC(=O)C(N)CCC(=O)O)C(=O)NC(Cc1cnc[nH]1)C(=O)NC(Cc1cnc[nH]1)C(=O)O. The van der Waals surface area contributed by atoms with E-state index in [0.29, 0.717) is 11.4 Å². The van der Waals surface area contributed by atoms with Gasteiger partial charge in [-0.25, -0.2) is 14.8 Å². The standard InChI is InChI=1S/C20H28N8O7/c1-10(26-18(32)13(21)2-3-16(29)30)17(31)27-14(4-11-6-22-8-24-11)19(33)28-15(20(34)35)5-12-7-23-9-25-12/h6-10,13-15H,2-5,21H2,1H3,(H,22,24)(H,23,25)(H,26,32)(H,27,31)(H,28,33)(H,29,30)(H,34,35). The van der Waals surface area contributed by atoms with Crippen molar-refractivity contribution in [1.29, 1.82) is 0 Å². The molecule has 0 aliphatic rings. The largest absolute Gasteiger partial charge is 0.481 e. The molecule has 0 spiro atoms. The number of hydrogen-bond donors (Lipinski definition) is 8. The number of carboxylic acid groups (broad SMARTS) is 2. The topological polar surface area (TPSA) is 245 Å². The number of rotatable bonds is 14. The van der Waals surface area contributed by atoms with Crippen LogP contribution in [-0.2, 0) is 36.8 Å².